The molecule has 0 aliphatic rings. The smallest absolute Gasteiger partial charge is 0.161 e. The van der Waals surface area contributed by atoms with E-state index in [1.807, 2.05) is 38.1 Å². The van der Waals surface area contributed by atoms with Crippen LogP contribution < -0.4 is 9.47 Å². The molecule has 134 valence electrons. The molecule has 0 aliphatic carbocycles. The number of rotatable bonds is 6. The minimum Gasteiger partial charge on any atom is -0.493 e. The Morgan fingerprint density at radius 1 is 1.00 bits per heavy atom. The van der Waals surface area contributed by atoms with Gasteiger partial charge in [-0.05, 0) is 37.6 Å². The second kappa shape index (κ2) is 7.35. The maximum Gasteiger partial charge on any atom is 0.161 e. The molecule has 3 rings (SSSR count). The first kappa shape index (κ1) is 17.6. The Balaban J connectivity index is 2.00. The van der Waals surface area contributed by atoms with Gasteiger partial charge < -0.3 is 9.47 Å². The summed E-state index contributed by atoms with van der Waals surface area (Å²) in [6.07, 6.45) is 2.27. The highest BCUT2D eigenvalue weighted by atomic mass is 16.5. The van der Waals surface area contributed by atoms with Crippen LogP contribution in [0.1, 0.15) is 28.7 Å². The van der Waals surface area contributed by atoms with Crippen LogP contribution in [-0.4, -0.2) is 39.0 Å². The largest absolute Gasteiger partial charge is 0.493 e. The molecule has 7 nitrogen and oxygen atoms in total. The second-order valence-electron chi connectivity index (χ2n) is 5.76. The van der Waals surface area contributed by atoms with E-state index in [0.29, 0.717) is 35.4 Å². The Kier molecular flexibility index (Phi) is 4.97. The molecule has 1 aromatic carbocycles. The number of benzene rings is 1. The quantitative estimate of drug-likeness (QED) is 0.680. The summed E-state index contributed by atoms with van der Waals surface area (Å²) >= 11 is 0. The van der Waals surface area contributed by atoms with Gasteiger partial charge in [0.05, 0.1) is 19.9 Å². The molecule has 3 aromatic rings. The predicted molar refractivity (Wildman–Crippen MR) is 98.9 cm³/mol. The van der Waals surface area contributed by atoms with Crippen molar-refractivity contribution in [3.05, 3.63) is 59.6 Å². The molecule has 0 N–H and O–H groups in total. The van der Waals surface area contributed by atoms with Crippen molar-refractivity contribution in [3.8, 4) is 17.3 Å². The van der Waals surface area contributed by atoms with E-state index in [9.17, 15) is 0 Å². The minimum atomic E-state index is 0.577. The summed E-state index contributed by atoms with van der Waals surface area (Å²) in [6, 6.07) is 7.64. The molecule has 0 fully saturated rings. The van der Waals surface area contributed by atoms with Gasteiger partial charge in [-0.2, -0.15) is 4.68 Å². The first-order valence-electron chi connectivity index (χ1n) is 8.16. The standard InChI is InChI=1S/C19H21N5O2/c1-6-15-11-19(21-12(2)20-15)24-18(22-13(3)23-24)10-14-7-8-16(25-4)17(9-14)26-5/h6-9,11H,1,10H2,2-5H3. The molecule has 0 bridgehead atoms. The Hall–Kier alpha value is -3.22. The Morgan fingerprint density at radius 2 is 1.77 bits per heavy atom. The van der Waals surface area contributed by atoms with Crippen LogP contribution in [0.5, 0.6) is 11.5 Å². The van der Waals surface area contributed by atoms with Crippen molar-refractivity contribution in [1.82, 2.24) is 24.7 Å². The van der Waals surface area contributed by atoms with Crippen LogP contribution in [0.2, 0.25) is 0 Å². The van der Waals surface area contributed by atoms with Gasteiger partial charge in [0.15, 0.2) is 17.3 Å². The molecule has 2 aromatic heterocycles. The van der Waals surface area contributed by atoms with Gasteiger partial charge in [0.25, 0.3) is 0 Å². The molecule has 0 saturated heterocycles. The van der Waals surface area contributed by atoms with Gasteiger partial charge in [-0.1, -0.05) is 12.6 Å². The number of nitrogens with zero attached hydrogens (tertiary/aromatic N) is 5. The number of methoxy groups -OCH3 is 2. The lowest BCUT2D eigenvalue weighted by molar-refractivity contribution is 0.354. The Morgan fingerprint density at radius 3 is 2.46 bits per heavy atom. The van der Waals surface area contributed by atoms with E-state index in [1.165, 1.54) is 0 Å². The molecule has 26 heavy (non-hydrogen) atoms. The maximum atomic E-state index is 5.38. The first-order chi connectivity index (χ1) is 12.5. The Bertz CT molecular complexity index is 949. The van der Waals surface area contributed by atoms with Crippen molar-refractivity contribution in [2.24, 2.45) is 0 Å². The molecule has 0 amide bonds. The van der Waals surface area contributed by atoms with Crippen molar-refractivity contribution in [2.45, 2.75) is 20.3 Å². The average Bonchev–Trinajstić information content (AvgIpc) is 3.01. The third kappa shape index (κ3) is 3.56. The minimum absolute atomic E-state index is 0.577. The van der Waals surface area contributed by atoms with Crippen molar-refractivity contribution < 1.29 is 9.47 Å². The topological polar surface area (TPSA) is 75.0 Å². The zero-order chi connectivity index (χ0) is 18.7. The predicted octanol–water partition coefficient (Wildman–Crippen LogP) is 2.93. The monoisotopic (exact) mass is 351 g/mol. The molecule has 0 aliphatic heterocycles. The summed E-state index contributed by atoms with van der Waals surface area (Å²) in [7, 11) is 3.24. The lowest BCUT2D eigenvalue weighted by atomic mass is 10.1. The van der Waals surface area contributed by atoms with Crippen LogP contribution in [0.4, 0.5) is 0 Å². The zero-order valence-electron chi connectivity index (χ0n) is 15.4. The second-order valence-corrected chi connectivity index (χ2v) is 5.76. The Labute approximate surface area is 152 Å². The SMILES string of the molecule is C=Cc1cc(-n2nc(C)nc2Cc2ccc(OC)c(OC)c2)nc(C)n1. The van der Waals surface area contributed by atoms with Gasteiger partial charge in [0, 0.05) is 12.5 Å². The van der Waals surface area contributed by atoms with Crippen molar-refractivity contribution in [3.63, 3.8) is 0 Å². The molecule has 2 heterocycles. The summed E-state index contributed by atoms with van der Waals surface area (Å²) in [5.41, 5.74) is 1.78. The summed E-state index contributed by atoms with van der Waals surface area (Å²) < 4.78 is 12.4. The van der Waals surface area contributed by atoms with Gasteiger partial charge >= 0.3 is 0 Å². The summed E-state index contributed by atoms with van der Waals surface area (Å²) in [4.78, 5) is 13.4. The fourth-order valence-corrected chi connectivity index (χ4v) is 2.72. The normalized spacial score (nSPS) is 10.6. The number of hydrogen-bond donors (Lipinski definition) is 0. The maximum absolute atomic E-state index is 5.38. The van der Waals surface area contributed by atoms with E-state index in [-0.39, 0.29) is 0 Å². The van der Waals surface area contributed by atoms with E-state index in [0.717, 1.165) is 17.1 Å². The lowest BCUT2D eigenvalue weighted by Crippen LogP contribution is -2.08. The molecule has 0 spiro atoms. The number of hydrogen-bond acceptors (Lipinski definition) is 6. The summed E-state index contributed by atoms with van der Waals surface area (Å²) in [6.45, 7) is 7.48. The van der Waals surface area contributed by atoms with Gasteiger partial charge in [0.2, 0.25) is 0 Å². The van der Waals surface area contributed by atoms with Crippen LogP contribution in [0.3, 0.4) is 0 Å². The number of ether oxygens (including phenoxy) is 2. The van der Waals surface area contributed by atoms with Crippen LogP contribution in [0.15, 0.2) is 30.8 Å². The van der Waals surface area contributed by atoms with Gasteiger partial charge in [-0.25, -0.2) is 15.0 Å². The number of aromatic nitrogens is 5. The highest BCUT2D eigenvalue weighted by Crippen LogP contribution is 2.28. The molecule has 7 heteroatoms. The van der Waals surface area contributed by atoms with Gasteiger partial charge in [0.1, 0.15) is 17.5 Å². The van der Waals surface area contributed by atoms with E-state index >= 15 is 0 Å². The molecule has 0 unspecified atom stereocenters. The van der Waals surface area contributed by atoms with Gasteiger partial charge in [-0.15, -0.1) is 5.10 Å². The van der Waals surface area contributed by atoms with Crippen LogP contribution in [0, 0.1) is 13.8 Å². The highest BCUT2D eigenvalue weighted by Gasteiger charge is 2.14. The molecular weight excluding hydrogens is 330 g/mol. The van der Waals surface area contributed by atoms with E-state index in [4.69, 9.17) is 9.47 Å². The fraction of sp³-hybridized carbons (Fsp3) is 0.263. The molecule has 0 radical (unpaired) electrons. The highest BCUT2D eigenvalue weighted by molar-refractivity contribution is 5.46. The fourth-order valence-electron chi connectivity index (χ4n) is 2.72. The number of aryl methyl sites for hydroxylation is 2. The van der Waals surface area contributed by atoms with Crippen LogP contribution in [0.25, 0.3) is 11.9 Å². The third-order valence-electron chi connectivity index (χ3n) is 3.86. The van der Waals surface area contributed by atoms with Crippen molar-refractivity contribution in [1.29, 1.82) is 0 Å². The summed E-state index contributed by atoms with van der Waals surface area (Å²) in [5, 5.41) is 4.49. The molecule has 0 saturated carbocycles. The third-order valence-corrected chi connectivity index (χ3v) is 3.86. The average molecular weight is 351 g/mol. The van der Waals surface area contributed by atoms with Crippen LogP contribution in [-0.2, 0) is 6.42 Å². The zero-order valence-corrected chi connectivity index (χ0v) is 15.4. The first-order valence-corrected chi connectivity index (χ1v) is 8.16. The van der Waals surface area contributed by atoms with E-state index in [2.05, 4.69) is 26.6 Å². The van der Waals surface area contributed by atoms with E-state index in [1.54, 1.807) is 25.0 Å². The van der Waals surface area contributed by atoms with E-state index < -0.39 is 0 Å². The summed E-state index contributed by atoms with van der Waals surface area (Å²) in [5.74, 6) is 4.15. The van der Waals surface area contributed by atoms with Crippen molar-refractivity contribution >= 4 is 6.08 Å². The van der Waals surface area contributed by atoms with Crippen LogP contribution >= 0.6 is 0 Å². The van der Waals surface area contributed by atoms with Crippen molar-refractivity contribution in [2.75, 3.05) is 14.2 Å². The van der Waals surface area contributed by atoms with Gasteiger partial charge in [-0.3, -0.25) is 0 Å². The lowest BCUT2D eigenvalue weighted by Gasteiger charge is -2.10. The molecule has 0 atom stereocenters. The molecular formula is C19H21N5O2.